The van der Waals surface area contributed by atoms with Crippen LogP contribution in [0.15, 0.2) is 27.3 Å². The number of pyridine rings is 1. The molecule has 1 unspecified atom stereocenters. The number of rotatable bonds is 5. The first-order valence-electron chi connectivity index (χ1n) is 5.81. The van der Waals surface area contributed by atoms with Crippen LogP contribution in [-0.4, -0.2) is 28.2 Å². The second-order valence-corrected chi connectivity index (χ2v) is 5.02. The lowest BCUT2D eigenvalue weighted by atomic mass is 10.2. The summed E-state index contributed by atoms with van der Waals surface area (Å²) >= 11 is 3.34. The van der Waals surface area contributed by atoms with Gasteiger partial charge in [0.15, 0.2) is 0 Å². The van der Waals surface area contributed by atoms with E-state index in [4.69, 9.17) is 4.52 Å². The van der Waals surface area contributed by atoms with Crippen LogP contribution in [0.5, 0.6) is 0 Å². The molecule has 0 amide bonds. The highest BCUT2D eigenvalue weighted by atomic mass is 79.9. The molecule has 1 N–H and O–H groups in total. The van der Waals surface area contributed by atoms with Crippen LogP contribution in [0.4, 0.5) is 0 Å². The summed E-state index contributed by atoms with van der Waals surface area (Å²) in [6.07, 6.45) is 3.45. The molecule has 0 fully saturated rings. The average molecular weight is 311 g/mol. The predicted octanol–water partition coefficient (Wildman–Crippen LogP) is 2.43. The second-order valence-electron chi connectivity index (χ2n) is 4.10. The van der Waals surface area contributed by atoms with Crippen molar-refractivity contribution in [2.45, 2.75) is 25.8 Å². The van der Waals surface area contributed by atoms with Crippen molar-refractivity contribution in [1.82, 2.24) is 20.4 Å². The van der Waals surface area contributed by atoms with E-state index in [9.17, 15) is 0 Å². The van der Waals surface area contributed by atoms with Gasteiger partial charge in [-0.1, -0.05) is 5.16 Å². The molecule has 0 aliphatic rings. The third-order valence-electron chi connectivity index (χ3n) is 2.71. The number of aromatic nitrogens is 3. The first-order valence-corrected chi connectivity index (χ1v) is 6.60. The topological polar surface area (TPSA) is 63.8 Å². The van der Waals surface area contributed by atoms with Crippen molar-refractivity contribution in [2.24, 2.45) is 0 Å². The maximum atomic E-state index is 5.20. The maximum absolute atomic E-state index is 5.20. The number of aryl methyl sites for hydroxylation is 1. The molecule has 5 nitrogen and oxygen atoms in total. The summed E-state index contributed by atoms with van der Waals surface area (Å²) in [6, 6.07) is 4.20. The van der Waals surface area contributed by atoms with Crippen LogP contribution in [0.3, 0.4) is 0 Å². The van der Waals surface area contributed by atoms with Crippen LogP contribution in [0.2, 0.25) is 0 Å². The molecule has 2 heterocycles. The van der Waals surface area contributed by atoms with Gasteiger partial charge in [0.05, 0.1) is 0 Å². The van der Waals surface area contributed by atoms with Crippen LogP contribution in [0.1, 0.15) is 19.2 Å². The molecule has 0 saturated heterocycles. The first kappa shape index (κ1) is 13.2. The van der Waals surface area contributed by atoms with Crippen LogP contribution in [0, 0.1) is 0 Å². The minimum Gasteiger partial charge on any atom is -0.339 e. The van der Waals surface area contributed by atoms with Gasteiger partial charge in [-0.15, -0.1) is 0 Å². The average Bonchev–Trinajstić information content (AvgIpc) is 2.85. The van der Waals surface area contributed by atoms with Gasteiger partial charge in [-0.25, -0.2) is 0 Å². The van der Waals surface area contributed by atoms with E-state index in [2.05, 4.69) is 43.3 Å². The minimum atomic E-state index is 0.436. The normalized spacial score (nSPS) is 12.6. The molecule has 0 aromatic carbocycles. The number of nitrogens with zero attached hydrogens (tertiary/aromatic N) is 3. The van der Waals surface area contributed by atoms with Gasteiger partial charge in [0.1, 0.15) is 5.69 Å². The highest BCUT2D eigenvalue weighted by Gasteiger charge is 2.10. The molecule has 6 heteroatoms. The van der Waals surface area contributed by atoms with Crippen molar-refractivity contribution in [3.63, 3.8) is 0 Å². The Morgan fingerprint density at radius 2 is 2.28 bits per heavy atom. The first-order chi connectivity index (χ1) is 8.69. The minimum absolute atomic E-state index is 0.436. The molecule has 0 saturated carbocycles. The van der Waals surface area contributed by atoms with Crippen molar-refractivity contribution in [2.75, 3.05) is 7.05 Å². The number of nitrogens with one attached hydrogen (secondary N) is 1. The van der Waals surface area contributed by atoms with E-state index in [0.717, 1.165) is 23.0 Å². The van der Waals surface area contributed by atoms with E-state index >= 15 is 0 Å². The number of halogens is 1. The fourth-order valence-corrected chi connectivity index (χ4v) is 1.69. The van der Waals surface area contributed by atoms with Gasteiger partial charge in [0.2, 0.25) is 11.7 Å². The zero-order valence-electron chi connectivity index (χ0n) is 10.4. The second kappa shape index (κ2) is 6.06. The van der Waals surface area contributed by atoms with E-state index in [-0.39, 0.29) is 0 Å². The van der Waals surface area contributed by atoms with Gasteiger partial charge in [-0.2, -0.15) is 4.98 Å². The van der Waals surface area contributed by atoms with Crippen molar-refractivity contribution in [3.8, 4) is 11.5 Å². The molecular formula is C12H15BrN4O. The molecule has 1 atom stereocenters. The lowest BCUT2D eigenvalue weighted by Gasteiger charge is -2.06. The Morgan fingerprint density at radius 1 is 1.44 bits per heavy atom. The van der Waals surface area contributed by atoms with Crippen molar-refractivity contribution >= 4 is 15.9 Å². The molecule has 2 aromatic rings. The summed E-state index contributed by atoms with van der Waals surface area (Å²) in [7, 11) is 1.94. The fraction of sp³-hybridized carbons (Fsp3) is 0.417. The van der Waals surface area contributed by atoms with Crippen molar-refractivity contribution in [3.05, 3.63) is 28.7 Å². The summed E-state index contributed by atoms with van der Waals surface area (Å²) in [5, 5.41) is 7.11. The Balaban J connectivity index is 2.03. The number of hydrogen-bond acceptors (Lipinski definition) is 5. The van der Waals surface area contributed by atoms with E-state index < -0.39 is 0 Å². The van der Waals surface area contributed by atoms with E-state index in [1.807, 2.05) is 19.2 Å². The van der Waals surface area contributed by atoms with Crippen LogP contribution in [0.25, 0.3) is 11.5 Å². The zero-order valence-corrected chi connectivity index (χ0v) is 11.9. The zero-order chi connectivity index (χ0) is 13.0. The molecule has 96 valence electrons. The molecular weight excluding hydrogens is 296 g/mol. The van der Waals surface area contributed by atoms with Crippen LogP contribution >= 0.6 is 15.9 Å². The summed E-state index contributed by atoms with van der Waals surface area (Å²) in [4.78, 5) is 8.56. The van der Waals surface area contributed by atoms with Gasteiger partial charge in [-0.05, 0) is 48.5 Å². The molecule has 2 aromatic heterocycles. The monoisotopic (exact) mass is 310 g/mol. The summed E-state index contributed by atoms with van der Waals surface area (Å²) < 4.78 is 6.13. The molecule has 0 bridgehead atoms. The van der Waals surface area contributed by atoms with Crippen molar-refractivity contribution in [1.29, 1.82) is 0 Å². The quantitative estimate of drug-likeness (QED) is 0.919. The lowest BCUT2D eigenvalue weighted by molar-refractivity contribution is 0.369. The molecule has 18 heavy (non-hydrogen) atoms. The molecule has 0 aliphatic carbocycles. The number of hydrogen-bond donors (Lipinski definition) is 1. The summed E-state index contributed by atoms with van der Waals surface area (Å²) in [5.74, 6) is 1.19. The molecule has 0 spiro atoms. The highest BCUT2D eigenvalue weighted by Crippen LogP contribution is 2.16. The van der Waals surface area contributed by atoms with Crippen LogP contribution in [-0.2, 0) is 6.42 Å². The molecule has 2 rings (SSSR count). The highest BCUT2D eigenvalue weighted by molar-refractivity contribution is 9.10. The lowest BCUT2D eigenvalue weighted by Crippen LogP contribution is -2.21. The van der Waals surface area contributed by atoms with Gasteiger partial charge in [-0.3, -0.25) is 4.98 Å². The van der Waals surface area contributed by atoms with Crippen LogP contribution < -0.4 is 5.32 Å². The predicted molar refractivity (Wildman–Crippen MR) is 72.1 cm³/mol. The van der Waals surface area contributed by atoms with Gasteiger partial charge in [0.25, 0.3) is 0 Å². The van der Waals surface area contributed by atoms with Gasteiger partial charge < -0.3 is 9.84 Å². The van der Waals surface area contributed by atoms with E-state index in [1.54, 1.807) is 6.20 Å². The van der Waals surface area contributed by atoms with Gasteiger partial charge in [0, 0.05) is 23.1 Å². The standard InChI is InChI=1S/C12H15BrN4O/c1-8(14-2)3-6-11-16-12(17-18-11)10-5-4-9(13)7-15-10/h4-5,7-8,14H,3,6H2,1-2H3. The Kier molecular flexibility index (Phi) is 4.43. The third kappa shape index (κ3) is 3.36. The summed E-state index contributed by atoms with van der Waals surface area (Å²) in [6.45, 7) is 2.12. The molecule has 0 aliphatic heterocycles. The van der Waals surface area contributed by atoms with E-state index in [0.29, 0.717) is 17.8 Å². The summed E-state index contributed by atoms with van der Waals surface area (Å²) in [5.41, 5.74) is 0.717. The maximum Gasteiger partial charge on any atom is 0.227 e. The van der Waals surface area contributed by atoms with E-state index in [1.165, 1.54) is 0 Å². The fourth-order valence-electron chi connectivity index (χ4n) is 1.45. The Morgan fingerprint density at radius 3 is 2.94 bits per heavy atom. The Hall–Kier alpha value is -1.27. The largest absolute Gasteiger partial charge is 0.339 e. The van der Waals surface area contributed by atoms with Gasteiger partial charge >= 0.3 is 0 Å². The smallest absolute Gasteiger partial charge is 0.227 e. The Bertz CT molecular complexity index is 497. The molecule has 0 radical (unpaired) electrons. The Labute approximate surface area is 114 Å². The van der Waals surface area contributed by atoms with Crippen molar-refractivity contribution < 1.29 is 4.52 Å². The third-order valence-corrected chi connectivity index (χ3v) is 3.18. The SMILES string of the molecule is CNC(C)CCc1nc(-c2ccc(Br)cn2)no1.